The van der Waals surface area contributed by atoms with Crippen LogP contribution >= 0.6 is 0 Å². The number of hydrogen-bond acceptors (Lipinski definition) is 2. The van der Waals surface area contributed by atoms with Crippen molar-refractivity contribution in [1.82, 2.24) is 10.9 Å². The SMILES string of the molecule is CC(C)CC(=O)NNC=O. The van der Waals surface area contributed by atoms with E-state index >= 15 is 0 Å². The first kappa shape index (κ1) is 8.94. The highest BCUT2D eigenvalue weighted by atomic mass is 16.2. The van der Waals surface area contributed by atoms with Crippen LogP contribution < -0.4 is 10.9 Å². The molecule has 0 aliphatic carbocycles. The maximum Gasteiger partial charge on any atom is 0.238 e. The zero-order valence-corrected chi connectivity index (χ0v) is 6.18. The Hall–Kier alpha value is -1.06. The van der Waals surface area contributed by atoms with Crippen molar-refractivity contribution in [2.45, 2.75) is 20.3 Å². The molecule has 0 saturated carbocycles. The first-order valence-electron chi connectivity index (χ1n) is 3.15. The second kappa shape index (κ2) is 4.78. The highest BCUT2D eigenvalue weighted by molar-refractivity contribution is 5.76. The van der Waals surface area contributed by atoms with E-state index in [9.17, 15) is 9.59 Å². The van der Waals surface area contributed by atoms with Gasteiger partial charge < -0.3 is 0 Å². The fraction of sp³-hybridized carbons (Fsp3) is 0.667. The quantitative estimate of drug-likeness (QED) is 0.424. The summed E-state index contributed by atoms with van der Waals surface area (Å²) in [5.74, 6) is 0.149. The van der Waals surface area contributed by atoms with Gasteiger partial charge in [0.25, 0.3) is 0 Å². The third kappa shape index (κ3) is 5.08. The molecule has 58 valence electrons. The van der Waals surface area contributed by atoms with Gasteiger partial charge >= 0.3 is 0 Å². The zero-order chi connectivity index (χ0) is 7.98. The number of carbonyl (C=O) groups excluding carboxylic acids is 2. The standard InChI is InChI=1S/C6H12N2O2/c1-5(2)3-6(10)8-7-4-9/h4-5H,3H2,1-2H3,(H,7,9)(H,8,10). The summed E-state index contributed by atoms with van der Waals surface area (Å²) in [5, 5.41) is 0. The third-order valence-corrected chi connectivity index (χ3v) is 0.864. The molecule has 2 N–H and O–H groups in total. The molecular formula is C6H12N2O2. The molecule has 0 heterocycles. The summed E-state index contributed by atoms with van der Waals surface area (Å²) >= 11 is 0. The fourth-order valence-corrected chi connectivity index (χ4v) is 0.532. The van der Waals surface area contributed by atoms with Gasteiger partial charge in [0, 0.05) is 6.42 Å². The van der Waals surface area contributed by atoms with E-state index in [1.165, 1.54) is 0 Å². The number of hydrogen-bond donors (Lipinski definition) is 2. The molecular weight excluding hydrogens is 132 g/mol. The molecule has 0 aliphatic heterocycles. The van der Waals surface area contributed by atoms with Crippen LogP contribution in [0.1, 0.15) is 20.3 Å². The number of carbonyl (C=O) groups is 2. The second-order valence-electron chi connectivity index (χ2n) is 2.41. The molecule has 0 saturated heterocycles. The molecule has 4 nitrogen and oxygen atoms in total. The van der Waals surface area contributed by atoms with Crippen molar-refractivity contribution in [3.8, 4) is 0 Å². The van der Waals surface area contributed by atoms with Crippen LogP contribution in [0.25, 0.3) is 0 Å². The number of hydrazine groups is 1. The van der Waals surface area contributed by atoms with Gasteiger partial charge in [-0.1, -0.05) is 13.8 Å². The van der Waals surface area contributed by atoms with Crippen LogP contribution in [0.15, 0.2) is 0 Å². The Morgan fingerprint density at radius 1 is 1.60 bits per heavy atom. The molecule has 0 atom stereocenters. The second-order valence-corrected chi connectivity index (χ2v) is 2.41. The van der Waals surface area contributed by atoms with Crippen molar-refractivity contribution in [3.05, 3.63) is 0 Å². The molecule has 0 radical (unpaired) electrons. The lowest BCUT2D eigenvalue weighted by molar-refractivity contribution is -0.125. The molecule has 0 unspecified atom stereocenters. The molecule has 0 aromatic carbocycles. The minimum absolute atomic E-state index is 0.165. The van der Waals surface area contributed by atoms with E-state index in [1.807, 2.05) is 13.8 Å². The Morgan fingerprint density at radius 3 is 2.60 bits per heavy atom. The Bertz CT molecular complexity index is 123. The lowest BCUT2D eigenvalue weighted by Gasteiger charge is -2.03. The van der Waals surface area contributed by atoms with E-state index in [0.29, 0.717) is 18.7 Å². The van der Waals surface area contributed by atoms with Gasteiger partial charge in [0.2, 0.25) is 12.3 Å². The van der Waals surface area contributed by atoms with Crippen LogP contribution in [0, 0.1) is 5.92 Å². The van der Waals surface area contributed by atoms with Crippen LogP contribution in [0.3, 0.4) is 0 Å². The van der Waals surface area contributed by atoms with Crippen molar-refractivity contribution in [2.75, 3.05) is 0 Å². The van der Waals surface area contributed by atoms with E-state index < -0.39 is 0 Å². The van der Waals surface area contributed by atoms with E-state index in [2.05, 4.69) is 10.9 Å². The Kier molecular flexibility index (Phi) is 4.28. The maximum absolute atomic E-state index is 10.7. The van der Waals surface area contributed by atoms with Crippen LogP contribution in [0.4, 0.5) is 0 Å². The van der Waals surface area contributed by atoms with Crippen LogP contribution in [-0.2, 0) is 9.59 Å². The highest BCUT2D eigenvalue weighted by Gasteiger charge is 2.01. The first-order valence-corrected chi connectivity index (χ1v) is 3.15. The van der Waals surface area contributed by atoms with Gasteiger partial charge in [-0.25, -0.2) is 0 Å². The van der Waals surface area contributed by atoms with Crippen molar-refractivity contribution < 1.29 is 9.59 Å². The Morgan fingerprint density at radius 2 is 2.20 bits per heavy atom. The Labute approximate surface area is 60.0 Å². The largest absolute Gasteiger partial charge is 0.277 e. The topological polar surface area (TPSA) is 58.2 Å². The normalized spacial score (nSPS) is 9.10. The molecule has 10 heavy (non-hydrogen) atoms. The van der Waals surface area contributed by atoms with Gasteiger partial charge in [-0.15, -0.1) is 0 Å². The van der Waals surface area contributed by atoms with Gasteiger partial charge in [-0.2, -0.15) is 0 Å². The summed E-state index contributed by atoms with van der Waals surface area (Å²) in [5.41, 5.74) is 4.28. The zero-order valence-electron chi connectivity index (χ0n) is 6.18. The summed E-state index contributed by atoms with van der Waals surface area (Å²) in [6.07, 6.45) is 0.860. The summed E-state index contributed by atoms with van der Waals surface area (Å²) in [6.45, 7) is 3.86. The Balaban J connectivity index is 3.34. The lowest BCUT2D eigenvalue weighted by atomic mass is 10.1. The lowest BCUT2D eigenvalue weighted by Crippen LogP contribution is -2.36. The van der Waals surface area contributed by atoms with Gasteiger partial charge in [-0.05, 0) is 5.92 Å². The fourth-order valence-electron chi connectivity index (χ4n) is 0.532. The summed E-state index contributed by atoms with van der Waals surface area (Å²) in [7, 11) is 0. The predicted molar refractivity (Wildman–Crippen MR) is 36.8 cm³/mol. The average Bonchev–Trinajstić information content (AvgIpc) is 1.82. The van der Waals surface area contributed by atoms with Gasteiger partial charge in [0.1, 0.15) is 0 Å². The molecule has 2 amide bonds. The van der Waals surface area contributed by atoms with Crippen LogP contribution in [0.5, 0.6) is 0 Å². The van der Waals surface area contributed by atoms with Crippen molar-refractivity contribution in [2.24, 2.45) is 5.92 Å². The first-order chi connectivity index (χ1) is 4.66. The van der Waals surface area contributed by atoms with E-state index in [0.717, 1.165) is 0 Å². The number of nitrogens with one attached hydrogen (secondary N) is 2. The summed E-state index contributed by atoms with van der Waals surface area (Å²) in [6, 6.07) is 0. The smallest absolute Gasteiger partial charge is 0.238 e. The maximum atomic E-state index is 10.7. The van der Waals surface area contributed by atoms with Crippen molar-refractivity contribution in [1.29, 1.82) is 0 Å². The summed E-state index contributed by atoms with van der Waals surface area (Å²) in [4.78, 5) is 20.3. The minimum atomic E-state index is -0.165. The average molecular weight is 144 g/mol. The van der Waals surface area contributed by atoms with E-state index in [4.69, 9.17) is 0 Å². The molecule has 0 bridgehead atoms. The van der Waals surface area contributed by atoms with Gasteiger partial charge in [-0.3, -0.25) is 20.4 Å². The van der Waals surface area contributed by atoms with Crippen LogP contribution in [-0.4, -0.2) is 12.3 Å². The van der Waals surface area contributed by atoms with Gasteiger partial charge in [0.15, 0.2) is 0 Å². The van der Waals surface area contributed by atoms with Crippen LogP contribution in [0.2, 0.25) is 0 Å². The molecule has 0 aromatic rings. The molecule has 0 aromatic heterocycles. The van der Waals surface area contributed by atoms with Gasteiger partial charge in [0.05, 0.1) is 0 Å². The predicted octanol–water partition coefficient (Wildman–Crippen LogP) is -0.190. The number of amides is 2. The van der Waals surface area contributed by atoms with E-state index in [1.54, 1.807) is 0 Å². The molecule has 0 rings (SSSR count). The molecule has 4 heteroatoms. The highest BCUT2D eigenvalue weighted by Crippen LogP contribution is 1.96. The molecule has 0 aliphatic rings. The minimum Gasteiger partial charge on any atom is -0.277 e. The van der Waals surface area contributed by atoms with E-state index in [-0.39, 0.29) is 5.91 Å². The van der Waals surface area contributed by atoms with Crippen molar-refractivity contribution >= 4 is 12.3 Å². The third-order valence-electron chi connectivity index (χ3n) is 0.864. The monoisotopic (exact) mass is 144 g/mol. The number of rotatable bonds is 4. The molecule has 0 fully saturated rings. The molecule has 0 spiro atoms. The summed E-state index contributed by atoms with van der Waals surface area (Å²) < 4.78 is 0. The van der Waals surface area contributed by atoms with Crippen molar-refractivity contribution in [3.63, 3.8) is 0 Å².